The zero-order valence-corrected chi connectivity index (χ0v) is 10.7. The Labute approximate surface area is 106 Å². The molecule has 0 heterocycles. The van der Waals surface area contributed by atoms with Crippen molar-refractivity contribution < 1.29 is 14.6 Å². The minimum atomic E-state index is -1.02. The van der Waals surface area contributed by atoms with Crippen LogP contribution in [0.2, 0.25) is 5.02 Å². The van der Waals surface area contributed by atoms with Crippen LogP contribution in [-0.2, 0) is 0 Å². The first-order valence-corrected chi connectivity index (χ1v) is 6.18. The van der Waals surface area contributed by atoms with Crippen molar-refractivity contribution in [2.75, 3.05) is 6.61 Å². The second kappa shape index (κ2) is 7.17. The molecule has 0 bridgehead atoms. The van der Waals surface area contributed by atoms with E-state index in [0.29, 0.717) is 12.4 Å². The summed E-state index contributed by atoms with van der Waals surface area (Å²) < 4.78 is 5.49. The fourth-order valence-corrected chi connectivity index (χ4v) is 1.73. The lowest BCUT2D eigenvalue weighted by atomic mass is 10.2. The number of hydrogen-bond donors (Lipinski definition) is 1. The van der Waals surface area contributed by atoms with Crippen molar-refractivity contribution in [3.05, 3.63) is 28.8 Å². The average Bonchev–Trinajstić information content (AvgIpc) is 2.28. The summed E-state index contributed by atoms with van der Waals surface area (Å²) in [7, 11) is 0. The maximum absolute atomic E-state index is 10.7. The molecular formula is C13H17ClO3. The number of aromatic carboxylic acids is 1. The average molecular weight is 257 g/mol. The Balaban J connectivity index is 2.45. The zero-order chi connectivity index (χ0) is 12.7. The molecule has 1 rings (SSSR count). The van der Waals surface area contributed by atoms with Gasteiger partial charge in [0.25, 0.3) is 0 Å². The number of carboxylic acid groups (broad SMARTS) is 1. The smallest absolute Gasteiger partial charge is 0.337 e. The molecule has 0 fully saturated rings. The van der Waals surface area contributed by atoms with Crippen LogP contribution in [0.3, 0.4) is 0 Å². The van der Waals surface area contributed by atoms with E-state index in [0.717, 1.165) is 12.8 Å². The van der Waals surface area contributed by atoms with Crippen LogP contribution in [0.1, 0.15) is 43.0 Å². The molecule has 0 saturated heterocycles. The third-order valence-corrected chi connectivity index (χ3v) is 2.75. The summed E-state index contributed by atoms with van der Waals surface area (Å²) in [5.41, 5.74) is 0.102. The summed E-state index contributed by atoms with van der Waals surface area (Å²) in [6, 6.07) is 4.64. The molecule has 0 aromatic heterocycles. The van der Waals surface area contributed by atoms with Gasteiger partial charge in [-0.05, 0) is 24.6 Å². The van der Waals surface area contributed by atoms with Crippen LogP contribution in [-0.4, -0.2) is 17.7 Å². The molecule has 0 spiro atoms. The van der Waals surface area contributed by atoms with Gasteiger partial charge in [0, 0.05) is 0 Å². The summed E-state index contributed by atoms with van der Waals surface area (Å²) in [6.45, 7) is 2.80. The molecule has 1 aromatic carbocycles. The second-order valence-corrected chi connectivity index (χ2v) is 4.26. The molecule has 0 radical (unpaired) electrons. The Bertz CT molecular complexity index is 377. The molecule has 0 aliphatic rings. The molecule has 94 valence electrons. The van der Waals surface area contributed by atoms with Crippen LogP contribution in [0.15, 0.2) is 18.2 Å². The molecule has 1 aromatic rings. The highest BCUT2D eigenvalue weighted by molar-refractivity contribution is 6.33. The number of carbonyl (C=O) groups is 1. The maximum atomic E-state index is 10.7. The molecule has 17 heavy (non-hydrogen) atoms. The first kappa shape index (κ1) is 13.8. The van der Waals surface area contributed by atoms with Gasteiger partial charge in [0.05, 0.1) is 17.2 Å². The van der Waals surface area contributed by atoms with E-state index in [1.54, 1.807) is 12.1 Å². The van der Waals surface area contributed by atoms with E-state index in [1.807, 2.05) is 0 Å². The summed E-state index contributed by atoms with van der Waals surface area (Å²) in [4.78, 5) is 10.7. The van der Waals surface area contributed by atoms with Crippen LogP contribution in [0, 0.1) is 0 Å². The van der Waals surface area contributed by atoms with Crippen molar-refractivity contribution >= 4 is 17.6 Å². The van der Waals surface area contributed by atoms with Crippen LogP contribution in [0.25, 0.3) is 0 Å². The van der Waals surface area contributed by atoms with Crippen LogP contribution < -0.4 is 4.74 Å². The fourth-order valence-electron chi connectivity index (χ4n) is 1.48. The SMILES string of the molecule is CCCCCCOc1ccc(C(=O)O)c(Cl)c1. The minimum absolute atomic E-state index is 0.102. The highest BCUT2D eigenvalue weighted by Gasteiger charge is 2.08. The summed E-state index contributed by atoms with van der Waals surface area (Å²) >= 11 is 5.83. The third kappa shape index (κ3) is 4.65. The predicted molar refractivity (Wildman–Crippen MR) is 68.0 cm³/mol. The summed E-state index contributed by atoms with van der Waals surface area (Å²) in [6.07, 6.45) is 4.56. The lowest BCUT2D eigenvalue weighted by molar-refractivity contribution is 0.0697. The van der Waals surface area contributed by atoms with Crippen molar-refractivity contribution in [1.29, 1.82) is 0 Å². The van der Waals surface area contributed by atoms with Crippen molar-refractivity contribution in [2.24, 2.45) is 0 Å². The van der Waals surface area contributed by atoms with Crippen LogP contribution in [0.4, 0.5) is 0 Å². The first-order valence-electron chi connectivity index (χ1n) is 5.80. The molecule has 4 heteroatoms. The van der Waals surface area contributed by atoms with Gasteiger partial charge in [0.15, 0.2) is 0 Å². The van der Waals surface area contributed by atoms with Crippen molar-refractivity contribution in [3.8, 4) is 5.75 Å². The number of carboxylic acids is 1. The van der Waals surface area contributed by atoms with Gasteiger partial charge in [0.1, 0.15) is 5.75 Å². The predicted octanol–water partition coefficient (Wildman–Crippen LogP) is 4.00. The lowest BCUT2D eigenvalue weighted by Gasteiger charge is -2.07. The summed E-state index contributed by atoms with van der Waals surface area (Å²) in [5.74, 6) is -0.402. The molecule has 1 N–H and O–H groups in total. The van der Waals surface area contributed by atoms with Gasteiger partial charge in [-0.15, -0.1) is 0 Å². The highest BCUT2D eigenvalue weighted by Crippen LogP contribution is 2.22. The largest absolute Gasteiger partial charge is 0.494 e. The van der Waals surface area contributed by atoms with Gasteiger partial charge in [-0.1, -0.05) is 37.8 Å². The van der Waals surface area contributed by atoms with Gasteiger partial charge >= 0.3 is 5.97 Å². The van der Waals surface area contributed by atoms with E-state index in [9.17, 15) is 4.79 Å². The van der Waals surface area contributed by atoms with Crippen molar-refractivity contribution in [1.82, 2.24) is 0 Å². The topological polar surface area (TPSA) is 46.5 Å². The fraction of sp³-hybridized carbons (Fsp3) is 0.462. The molecule has 3 nitrogen and oxygen atoms in total. The quantitative estimate of drug-likeness (QED) is 0.750. The Morgan fingerprint density at radius 1 is 1.35 bits per heavy atom. The van der Waals surface area contributed by atoms with Gasteiger partial charge in [-0.3, -0.25) is 0 Å². The van der Waals surface area contributed by atoms with E-state index in [-0.39, 0.29) is 10.6 Å². The number of unbranched alkanes of at least 4 members (excludes halogenated alkanes) is 3. The van der Waals surface area contributed by atoms with E-state index < -0.39 is 5.97 Å². The Morgan fingerprint density at radius 2 is 2.12 bits per heavy atom. The normalized spacial score (nSPS) is 10.2. The molecule has 0 aliphatic heterocycles. The number of rotatable bonds is 7. The van der Waals surface area contributed by atoms with Crippen LogP contribution >= 0.6 is 11.6 Å². The Hall–Kier alpha value is -1.22. The third-order valence-electron chi connectivity index (χ3n) is 2.44. The van der Waals surface area contributed by atoms with E-state index in [2.05, 4.69) is 6.92 Å². The van der Waals surface area contributed by atoms with Gasteiger partial charge in [-0.25, -0.2) is 4.79 Å². The number of hydrogen-bond acceptors (Lipinski definition) is 2. The number of halogens is 1. The Kier molecular flexibility index (Phi) is 5.84. The molecule has 0 amide bonds. The number of ether oxygens (including phenoxy) is 1. The van der Waals surface area contributed by atoms with Crippen molar-refractivity contribution in [3.63, 3.8) is 0 Å². The molecule has 0 aliphatic carbocycles. The molecule has 0 atom stereocenters. The van der Waals surface area contributed by atoms with Crippen LogP contribution in [0.5, 0.6) is 5.75 Å². The van der Waals surface area contributed by atoms with Gasteiger partial charge < -0.3 is 9.84 Å². The number of benzene rings is 1. The van der Waals surface area contributed by atoms with E-state index in [1.165, 1.54) is 18.9 Å². The molecule has 0 saturated carbocycles. The van der Waals surface area contributed by atoms with E-state index in [4.69, 9.17) is 21.4 Å². The Morgan fingerprint density at radius 3 is 2.71 bits per heavy atom. The minimum Gasteiger partial charge on any atom is -0.494 e. The zero-order valence-electron chi connectivity index (χ0n) is 9.91. The molecular weight excluding hydrogens is 240 g/mol. The summed E-state index contributed by atoms with van der Waals surface area (Å²) in [5, 5.41) is 9.02. The monoisotopic (exact) mass is 256 g/mol. The van der Waals surface area contributed by atoms with Crippen molar-refractivity contribution in [2.45, 2.75) is 32.6 Å². The standard InChI is InChI=1S/C13H17ClO3/c1-2-3-4-5-8-17-10-6-7-11(13(15)16)12(14)9-10/h6-7,9H,2-5,8H2,1H3,(H,15,16). The lowest BCUT2D eigenvalue weighted by Crippen LogP contribution is -2.00. The maximum Gasteiger partial charge on any atom is 0.337 e. The van der Waals surface area contributed by atoms with Gasteiger partial charge in [0.2, 0.25) is 0 Å². The second-order valence-electron chi connectivity index (χ2n) is 3.86. The van der Waals surface area contributed by atoms with E-state index >= 15 is 0 Å². The highest BCUT2D eigenvalue weighted by atomic mass is 35.5. The first-order chi connectivity index (χ1) is 8.15. The van der Waals surface area contributed by atoms with Gasteiger partial charge in [-0.2, -0.15) is 0 Å². The molecule has 0 unspecified atom stereocenters.